The van der Waals surface area contributed by atoms with Crippen molar-refractivity contribution in [2.75, 3.05) is 18.5 Å². The van der Waals surface area contributed by atoms with Crippen molar-refractivity contribution in [1.29, 1.82) is 0 Å². The molecule has 0 aliphatic carbocycles. The third-order valence-electron chi connectivity index (χ3n) is 2.70. The predicted molar refractivity (Wildman–Crippen MR) is 66.3 cm³/mol. The Kier molecular flexibility index (Phi) is 4.35. The zero-order valence-corrected chi connectivity index (χ0v) is 10.2. The molecule has 0 fully saturated rings. The Bertz CT molecular complexity index is 374. The van der Waals surface area contributed by atoms with E-state index in [2.05, 4.69) is 6.92 Å². The van der Waals surface area contributed by atoms with Crippen molar-refractivity contribution < 1.29 is 9.90 Å². The van der Waals surface area contributed by atoms with Crippen molar-refractivity contribution in [2.24, 2.45) is 0 Å². The van der Waals surface area contributed by atoms with Gasteiger partial charge in [0.25, 0.3) is 0 Å². The Hall–Kier alpha value is -1.51. The summed E-state index contributed by atoms with van der Waals surface area (Å²) in [5.74, 6) is -0.859. The number of aryl methyl sites for hydroxylation is 1. The van der Waals surface area contributed by atoms with Gasteiger partial charge in [-0.3, -0.25) is 0 Å². The first-order valence-electron chi connectivity index (χ1n) is 5.62. The second-order valence-electron chi connectivity index (χ2n) is 4.05. The zero-order valence-electron chi connectivity index (χ0n) is 10.2. The van der Waals surface area contributed by atoms with Crippen molar-refractivity contribution in [3.05, 3.63) is 29.3 Å². The molecule has 0 heterocycles. The van der Waals surface area contributed by atoms with Crippen LogP contribution >= 0.6 is 0 Å². The first-order chi connectivity index (χ1) is 7.57. The van der Waals surface area contributed by atoms with Gasteiger partial charge in [-0.15, -0.1) is 0 Å². The van der Waals surface area contributed by atoms with E-state index in [1.807, 2.05) is 24.9 Å². The zero-order chi connectivity index (χ0) is 12.1. The van der Waals surface area contributed by atoms with Gasteiger partial charge in [-0.25, -0.2) is 4.79 Å². The molecule has 1 N–H and O–H groups in total. The second kappa shape index (κ2) is 5.54. The Labute approximate surface area is 96.7 Å². The van der Waals surface area contributed by atoms with Gasteiger partial charge in [0.15, 0.2) is 0 Å². The van der Waals surface area contributed by atoms with E-state index in [9.17, 15) is 4.79 Å². The molecule has 3 heteroatoms. The Morgan fingerprint density at radius 1 is 1.44 bits per heavy atom. The van der Waals surface area contributed by atoms with E-state index in [1.54, 1.807) is 12.1 Å². The fraction of sp³-hybridized carbons (Fsp3) is 0.462. The van der Waals surface area contributed by atoms with Crippen LogP contribution in [-0.4, -0.2) is 24.7 Å². The highest BCUT2D eigenvalue weighted by atomic mass is 16.4. The van der Waals surface area contributed by atoms with E-state index in [0.717, 1.165) is 30.6 Å². The Morgan fingerprint density at radius 3 is 2.69 bits per heavy atom. The standard InChI is InChI=1S/C13H19NO2/c1-4-5-9-14(3)12-10(2)7-6-8-11(12)13(15)16/h6-8H,4-5,9H2,1-3H3,(H,15,16). The van der Waals surface area contributed by atoms with Crippen LogP contribution in [0, 0.1) is 6.92 Å². The normalized spacial score (nSPS) is 10.2. The molecule has 0 unspecified atom stereocenters. The number of carboxylic acids is 1. The van der Waals surface area contributed by atoms with Gasteiger partial charge in [-0.1, -0.05) is 25.5 Å². The van der Waals surface area contributed by atoms with Gasteiger partial charge in [0, 0.05) is 13.6 Å². The first kappa shape index (κ1) is 12.6. The first-order valence-corrected chi connectivity index (χ1v) is 5.62. The van der Waals surface area contributed by atoms with Gasteiger partial charge in [-0.05, 0) is 25.0 Å². The monoisotopic (exact) mass is 221 g/mol. The number of aromatic carboxylic acids is 1. The summed E-state index contributed by atoms with van der Waals surface area (Å²) in [4.78, 5) is 13.2. The minimum Gasteiger partial charge on any atom is -0.478 e. The molecule has 0 atom stereocenters. The summed E-state index contributed by atoms with van der Waals surface area (Å²) >= 11 is 0. The predicted octanol–water partition coefficient (Wildman–Crippen LogP) is 2.93. The SMILES string of the molecule is CCCCN(C)c1c(C)cccc1C(=O)O. The average molecular weight is 221 g/mol. The van der Waals surface area contributed by atoms with E-state index in [-0.39, 0.29) is 0 Å². The number of anilines is 1. The van der Waals surface area contributed by atoms with E-state index in [4.69, 9.17) is 5.11 Å². The van der Waals surface area contributed by atoms with Crippen LogP contribution in [0.4, 0.5) is 5.69 Å². The minimum atomic E-state index is -0.859. The minimum absolute atomic E-state index is 0.388. The third kappa shape index (κ3) is 2.75. The number of para-hydroxylation sites is 1. The molecule has 1 rings (SSSR count). The maximum Gasteiger partial charge on any atom is 0.337 e. The van der Waals surface area contributed by atoms with Crippen molar-refractivity contribution in [1.82, 2.24) is 0 Å². The Morgan fingerprint density at radius 2 is 2.12 bits per heavy atom. The highest BCUT2D eigenvalue weighted by Gasteiger charge is 2.14. The lowest BCUT2D eigenvalue weighted by Crippen LogP contribution is -2.22. The van der Waals surface area contributed by atoms with Crippen LogP contribution in [0.2, 0.25) is 0 Å². The molecule has 0 spiro atoms. The quantitative estimate of drug-likeness (QED) is 0.831. The number of hydrogen-bond acceptors (Lipinski definition) is 2. The van der Waals surface area contributed by atoms with Crippen molar-refractivity contribution >= 4 is 11.7 Å². The van der Waals surface area contributed by atoms with Gasteiger partial charge >= 0.3 is 5.97 Å². The molecule has 3 nitrogen and oxygen atoms in total. The van der Waals surface area contributed by atoms with Gasteiger partial charge in [-0.2, -0.15) is 0 Å². The molecule has 1 aromatic carbocycles. The molecular weight excluding hydrogens is 202 g/mol. The number of carbonyl (C=O) groups is 1. The van der Waals surface area contributed by atoms with Gasteiger partial charge in [0.05, 0.1) is 11.3 Å². The van der Waals surface area contributed by atoms with Crippen LogP contribution in [0.25, 0.3) is 0 Å². The van der Waals surface area contributed by atoms with Gasteiger partial charge in [0.1, 0.15) is 0 Å². The van der Waals surface area contributed by atoms with Crippen LogP contribution in [0.5, 0.6) is 0 Å². The summed E-state index contributed by atoms with van der Waals surface area (Å²) in [6, 6.07) is 5.40. The summed E-state index contributed by atoms with van der Waals surface area (Å²) in [6.07, 6.45) is 2.18. The number of hydrogen-bond donors (Lipinski definition) is 1. The average Bonchev–Trinajstić information content (AvgIpc) is 2.25. The van der Waals surface area contributed by atoms with Crippen molar-refractivity contribution in [3.63, 3.8) is 0 Å². The summed E-state index contributed by atoms with van der Waals surface area (Å²) in [7, 11) is 1.95. The van der Waals surface area contributed by atoms with Crippen LogP contribution < -0.4 is 4.90 Å². The van der Waals surface area contributed by atoms with Gasteiger partial charge < -0.3 is 10.0 Å². The van der Waals surface area contributed by atoms with Crippen LogP contribution in [-0.2, 0) is 0 Å². The topological polar surface area (TPSA) is 40.5 Å². The fourth-order valence-electron chi connectivity index (χ4n) is 1.85. The molecule has 0 aliphatic rings. The summed E-state index contributed by atoms with van der Waals surface area (Å²) < 4.78 is 0. The van der Waals surface area contributed by atoms with Crippen molar-refractivity contribution in [2.45, 2.75) is 26.7 Å². The molecule has 0 radical (unpaired) electrons. The lowest BCUT2D eigenvalue weighted by molar-refractivity contribution is 0.0697. The number of nitrogens with zero attached hydrogens (tertiary/aromatic N) is 1. The van der Waals surface area contributed by atoms with Crippen molar-refractivity contribution in [3.8, 4) is 0 Å². The highest BCUT2D eigenvalue weighted by molar-refractivity contribution is 5.95. The third-order valence-corrected chi connectivity index (χ3v) is 2.70. The molecule has 1 aromatic rings. The molecule has 0 aromatic heterocycles. The van der Waals surface area contributed by atoms with Crippen LogP contribution in [0.15, 0.2) is 18.2 Å². The number of unbranched alkanes of at least 4 members (excludes halogenated alkanes) is 1. The molecule has 0 aliphatic heterocycles. The second-order valence-corrected chi connectivity index (χ2v) is 4.05. The molecule has 0 saturated heterocycles. The molecule has 0 amide bonds. The molecule has 0 saturated carbocycles. The highest BCUT2D eigenvalue weighted by Crippen LogP contribution is 2.24. The lowest BCUT2D eigenvalue weighted by atomic mass is 10.1. The van der Waals surface area contributed by atoms with Crippen LogP contribution in [0.1, 0.15) is 35.7 Å². The van der Waals surface area contributed by atoms with E-state index >= 15 is 0 Å². The number of benzene rings is 1. The molecular formula is C13H19NO2. The fourth-order valence-corrected chi connectivity index (χ4v) is 1.85. The Balaban J connectivity index is 3.04. The van der Waals surface area contributed by atoms with E-state index in [0.29, 0.717) is 5.56 Å². The number of carboxylic acid groups (broad SMARTS) is 1. The maximum atomic E-state index is 11.1. The summed E-state index contributed by atoms with van der Waals surface area (Å²) in [5, 5.41) is 9.14. The molecule has 0 bridgehead atoms. The summed E-state index contributed by atoms with van der Waals surface area (Å²) in [6.45, 7) is 4.97. The largest absolute Gasteiger partial charge is 0.478 e. The number of rotatable bonds is 5. The smallest absolute Gasteiger partial charge is 0.337 e. The van der Waals surface area contributed by atoms with E-state index < -0.39 is 5.97 Å². The lowest BCUT2D eigenvalue weighted by Gasteiger charge is -2.23. The van der Waals surface area contributed by atoms with Crippen LogP contribution in [0.3, 0.4) is 0 Å². The van der Waals surface area contributed by atoms with E-state index in [1.165, 1.54) is 0 Å². The molecule has 16 heavy (non-hydrogen) atoms. The molecule has 88 valence electrons. The van der Waals surface area contributed by atoms with Gasteiger partial charge in [0.2, 0.25) is 0 Å². The maximum absolute atomic E-state index is 11.1. The summed E-state index contributed by atoms with van der Waals surface area (Å²) in [5.41, 5.74) is 2.24.